The van der Waals surface area contributed by atoms with E-state index in [-0.39, 0.29) is 11.8 Å². The molecule has 122 valence electrons. The Morgan fingerprint density at radius 2 is 2.04 bits per heavy atom. The fraction of sp³-hybridized carbons (Fsp3) is 0.294. The number of fused-ring (bicyclic) bond motifs is 1. The Bertz CT molecular complexity index is 932. The van der Waals surface area contributed by atoms with Crippen LogP contribution in [-0.4, -0.2) is 27.9 Å². The number of anilines is 2. The molecule has 0 bridgehead atoms. The Hall–Kier alpha value is -2.54. The number of nitrogens with one attached hydrogen (secondary N) is 2. The van der Waals surface area contributed by atoms with Gasteiger partial charge in [0.2, 0.25) is 5.91 Å². The van der Waals surface area contributed by atoms with E-state index in [1.54, 1.807) is 17.5 Å². The minimum atomic E-state index is 0.0520. The maximum atomic E-state index is 12.0. The monoisotopic (exact) mass is 339 g/mol. The minimum Gasteiger partial charge on any atom is -0.373 e. The molecule has 6 nitrogen and oxygen atoms in total. The van der Waals surface area contributed by atoms with Gasteiger partial charge in [-0.2, -0.15) is 0 Å². The van der Waals surface area contributed by atoms with Crippen LogP contribution in [0.3, 0.4) is 0 Å². The number of carbonyl (C=O) groups excluding carboxylic acids is 1. The van der Waals surface area contributed by atoms with Crippen LogP contribution in [0, 0.1) is 12.8 Å². The van der Waals surface area contributed by atoms with Crippen molar-refractivity contribution < 1.29 is 4.79 Å². The summed E-state index contributed by atoms with van der Waals surface area (Å²) in [6.07, 6.45) is 5.51. The smallest absolute Gasteiger partial charge is 0.228 e. The van der Waals surface area contributed by atoms with E-state index in [4.69, 9.17) is 0 Å². The van der Waals surface area contributed by atoms with E-state index in [1.165, 1.54) is 0 Å². The standard InChI is InChI=1S/C17H17N5OS/c1-9-15(21-8-24-9)12-6-20-16(18-2)13-7-19-14(5-11(12)13)22-17(23)10-3-4-10/h5-8,10H,3-4H2,1-2H3,(H,18,20)(H,19,22,23). The SMILES string of the molecule is CNc1ncc(-c2ncsc2C)c2cc(NC(=O)C3CC3)ncc12. The van der Waals surface area contributed by atoms with Crippen LogP contribution in [0.15, 0.2) is 24.0 Å². The van der Waals surface area contributed by atoms with E-state index in [0.717, 1.165) is 45.6 Å². The molecule has 1 amide bonds. The number of carbonyl (C=O) groups is 1. The number of amides is 1. The fourth-order valence-electron chi connectivity index (χ4n) is 2.73. The Kier molecular flexibility index (Phi) is 3.65. The third-order valence-corrected chi connectivity index (χ3v) is 4.97. The van der Waals surface area contributed by atoms with Crippen LogP contribution in [0.25, 0.3) is 22.0 Å². The van der Waals surface area contributed by atoms with Crippen molar-refractivity contribution in [3.05, 3.63) is 28.8 Å². The molecule has 3 aromatic rings. The summed E-state index contributed by atoms with van der Waals surface area (Å²) >= 11 is 1.60. The molecule has 1 aliphatic carbocycles. The van der Waals surface area contributed by atoms with Crippen LogP contribution < -0.4 is 10.6 Å². The Morgan fingerprint density at radius 3 is 2.71 bits per heavy atom. The lowest BCUT2D eigenvalue weighted by atomic mass is 10.1. The molecule has 0 aromatic carbocycles. The molecule has 3 heterocycles. The van der Waals surface area contributed by atoms with Gasteiger partial charge in [-0.05, 0) is 25.8 Å². The summed E-state index contributed by atoms with van der Waals surface area (Å²) in [5.41, 5.74) is 3.71. The van der Waals surface area contributed by atoms with Gasteiger partial charge < -0.3 is 10.6 Å². The van der Waals surface area contributed by atoms with E-state index in [1.807, 2.05) is 31.7 Å². The number of thiazole rings is 1. The van der Waals surface area contributed by atoms with Crippen LogP contribution in [-0.2, 0) is 4.79 Å². The largest absolute Gasteiger partial charge is 0.373 e. The highest BCUT2D eigenvalue weighted by atomic mass is 32.1. The quantitative estimate of drug-likeness (QED) is 0.761. The number of aryl methyl sites for hydroxylation is 1. The molecule has 2 N–H and O–H groups in total. The molecule has 0 unspecified atom stereocenters. The Morgan fingerprint density at radius 1 is 1.21 bits per heavy atom. The first-order valence-electron chi connectivity index (χ1n) is 7.85. The molecule has 0 atom stereocenters. The lowest BCUT2D eigenvalue weighted by Gasteiger charge is -2.11. The van der Waals surface area contributed by atoms with Crippen molar-refractivity contribution >= 4 is 39.7 Å². The molecule has 7 heteroatoms. The first kappa shape index (κ1) is 15.0. The van der Waals surface area contributed by atoms with Crippen molar-refractivity contribution in [2.45, 2.75) is 19.8 Å². The van der Waals surface area contributed by atoms with E-state index >= 15 is 0 Å². The van der Waals surface area contributed by atoms with E-state index in [9.17, 15) is 4.79 Å². The molecule has 4 rings (SSSR count). The average molecular weight is 339 g/mol. The summed E-state index contributed by atoms with van der Waals surface area (Å²) in [6, 6.07) is 1.91. The molecule has 1 saturated carbocycles. The maximum absolute atomic E-state index is 12.0. The maximum Gasteiger partial charge on any atom is 0.228 e. The molecular formula is C17H17N5OS. The lowest BCUT2D eigenvalue weighted by Crippen LogP contribution is -2.14. The molecular weight excluding hydrogens is 322 g/mol. The minimum absolute atomic E-state index is 0.0520. The van der Waals surface area contributed by atoms with Gasteiger partial charge in [-0.15, -0.1) is 11.3 Å². The molecule has 0 aliphatic heterocycles. The summed E-state index contributed by atoms with van der Waals surface area (Å²) in [7, 11) is 1.83. The first-order valence-corrected chi connectivity index (χ1v) is 8.73. The zero-order chi connectivity index (χ0) is 16.7. The predicted molar refractivity (Wildman–Crippen MR) is 96.3 cm³/mol. The second-order valence-electron chi connectivity index (χ2n) is 5.91. The van der Waals surface area contributed by atoms with Crippen LogP contribution in [0.5, 0.6) is 0 Å². The molecule has 0 saturated heterocycles. The second kappa shape index (κ2) is 5.83. The summed E-state index contributed by atoms with van der Waals surface area (Å²) in [5.74, 6) is 1.53. The Labute approximate surface area is 143 Å². The van der Waals surface area contributed by atoms with Gasteiger partial charge in [0.1, 0.15) is 11.6 Å². The van der Waals surface area contributed by atoms with Crippen molar-refractivity contribution in [3.8, 4) is 11.3 Å². The number of pyridine rings is 2. The highest BCUT2D eigenvalue weighted by Crippen LogP contribution is 2.35. The van der Waals surface area contributed by atoms with Gasteiger partial charge in [-0.25, -0.2) is 15.0 Å². The number of nitrogens with zero attached hydrogens (tertiary/aromatic N) is 3. The van der Waals surface area contributed by atoms with Crippen LogP contribution >= 0.6 is 11.3 Å². The summed E-state index contributed by atoms with van der Waals surface area (Å²) < 4.78 is 0. The zero-order valence-corrected chi connectivity index (χ0v) is 14.3. The van der Waals surface area contributed by atoms with E-state index in [2.05, 4.69) is 25.6 Å². The highest BCUT2D eigenvalue weighted by molar-refractivity contribution is 7.10. The molecule has 24 heavy (non-hydrogen) atoms. The summed E-state index contributed by atoms with van der Waals surface area (Å²) in [5, 5.41) is 7.89. The fourth-order valence-corrected chi connectivity index (χ4v) is 3.32. The number of hydrogen-bond donors (Lipinski definition) is 2. The van der Waals surface area contributed by atoms with Gasteiger partial charge in [-0.3, -0.25) is 4.79 Å². The first-order chi connectivity index (χ1) is 11.7. The average Bonchev–Trinajstić information content (AvgIpc) is 3.36. The van der Waals surface area contributed by atoms with Crippen LogP contribution in [0.4, 0.5) is 11.6 Å². The van der Waals surface area contributed by atoms with Gasteiger partial charge >= 0.3 is 0 Å². The molecule has 0 spiro atoms. The van der Waals surface area contributed by atoms with Crippen molar-refractivity contribution in [2.75, 3.05) is 17.7 Å². The zero-order valence-electron chi connectivity index (χ0n) is 13.5. The van der Waals surface area contributed by atoms with Crippen molar-refractivity contribution in [1.29, 1.82) is 0 Å². The van der Waals surface area contributed by atoms with Crippen LogP contribution in [0.1, 0.15) is 17.7 Å². The van der Waals surface area contributed by atoms with Gasteiger partial charge in [0, 0.05) is 46.6 Å². The van der Waals surface area contributed by atoms with E-state index in [0.29, 0.717) is 5.82 Å². The second-order valence-corrected chi connectivity index (χ2v) is 6.97. The summed E-state index contributed by atoms with van der Waals surface area (Å²) in [6.45, 7) is 2.04. The number of rotatable bonds is 4. The van der Waals surface area contributed by atoms with Gasteiger partial charge in [0.15, 0.2) is 0 Å². The van der Waals surface area contributed by atoms with Gasteiger partial charge in [0.25, 0.3) is 0 Å². The van der Waals surface area contributed by atoms with Crippen molar-refractivity contribution in [1.82, 2.24) is 15.0 Å². The van der Waals surface area contributed by atoms with Gasteiger partial charge in [0.05, 0.1) is 11.2 Å². The predicted octanol–water partition coefficient (Wildman–Crippen LogP) is 3.45. The van der Waals surface area contributed by atoms with E-state index < -0.39 is 0 Å². The molecule has 1 aliphatic rings. The molecule has 1 fully saturated rings. The summed E-state index contributed by atoms with van der Waals surface area (Å²) in [4.78, 5) is 26.5. The Balaban J connectivity index is 1.85. The normalized spacial score (nSPS) is 13.9. The molecule has 3 aromatic heterocycles. The van der Waals surface area contributed by atoms with Crippen LogP contribution in [0.2, 0.25) is 0 Å². The third-order valence-electron chi connectivity index (χ3n) is 4.21. The highest BCUT2D eigenvalue weighted by Gasteiger charge is 2.29. The molecule has 0 radical (unpaired) electrons. The topological polar surface area (TPSA) is 79.8 Å². The lowest BCUT2D eigenvalue weighted by molar-refractivity contribution is -0.117. The van der Waals surface area contributed by atoms with Crippen molar-refractivity contribution in [3.63, 3.8) is 0 Å². The number of hydrogen-bond acceptors (Lipinski definition) is 6. The third kappa shape index (κ3) is 2.60. The number of aromatic nitrogens is 3. The van der Waals surface area contributed by atoms with Gasteiger partial charge in [-0.1, -0.05) is 0 Å². The van der Waals surface area contributed by atoms with Crippen molar-refractivity contribution in [2.24, 2.45) is 5.92 Å².